The predicted octanol–water partition coefficient (Wildman–Crippen LogP) is 2.51. The number of rotatable bonds is 2. The summed E-state index contributed by atoms with van der Waals surface area (Å²) in [5.74, 6) is -0.0592. The summed E-state index contributed by atoms with van der Waals surface area (Å²) >= 11 is 6.13. The monoisotopic (exact) mass is 263 g/mol. The molecule has 1 aliphatic heterocycles. The molecule has 1 aromatic heterocycles. The van der Waals surface area contributed by atoms with Crippen LogP contribution >= 0.6 is 11.6 Å². The van der Waals surface area contributed by atoms with Gasteiger partial charge in [-0.3, -0.25) is 4.79 Å². The number of furan rings is 1. The van der Waals surface area contributed by atoms with Gasteiger partial charge in [-0.15, -0.1) is 0 Å². The molecule has 1 aliphatic rings. The summed E-state index contributed by atoms with van der Waals surface area (Å²) in [5.41, 5.74) is 2.78. The smallest absolute Gasteiger partial charge is 0.228 e. The van der Waals surface area contributed by atoms with Gasteiger partial charge in [0.2, 0.25) is 5.91 Å². The minimum atomic E-state index is -0.850. The molecular formula is C13H10ClNO3. The average molecular weight is 264 g/mol. The van der Waals surface area contributed by atoms with Crippen LogP contribution in [-0.2, 0) is 11.2 Å². The minimum absolute atomic E-state index is 0.0592. The van der Waals surface area contributed by atoms with Gasteiger partial charge in [0, 0.05) is 21.8 Å². The van der Waals surface area contributed by atoms with Gasteiger partial charge in [-0.1, -0.05) is 11.6 Å². The lowest BCUT2D eigenvalue weighted by Gasteiger charge is -2.12. The van der Waals surface area contributed by atoms with E-state index in [4.69, 9.17) is 16.0 Å². The number of halogens is 1. The highest BCUT2D eigenvalue weighted by atomic mass is 35.5. The molecule has 1 atom stereocenters. The molecule has 0 saturated carbocycles. The van der Waals surface area contributed by atoms with Crippen LogP contribution in [-0.4, -0.2) is 11.0 Å². The van der Waals surface area contributed by atoms with Crippen molar-refractivity contribution < 1.29 is 14.3 Å². The van der Waals surface area contributed by atoms with Gasteiger partial charge in [-0.25, -0.2) is 0 Å². The Kier molecular flexibility index (Phi) is 2.61. The Morgan fingerprint density at radius 3 is 3.00 bits per heavy atom. The van der Waals surface area contributed by atoms with Crippen molar-refractivity contribution in [3.63, 3.8) is 0 Å². The van der Waals surface area contributed by atoms with Crippen molar-refractivity contribution in [2.24, 2.45) is 0 Å². The molecule has 0 saturated heterocycles. The first kappa shape index (κ1) is 11.3. The summed E-state index contributed by atoms with van der Waals surface area (Å²) < 4.78 is 4.94. The summed E-state index contributed by atoms with van der Waals surface area (Å²) in [6.07, 6.45) is 2.43. The first-order chi connectivity index (χ1) is 8.65. The average Bonchev–Trinajstić information content (AvgIpc) is 2.94. The Balaban J connectivity index is 2.03. The van der Waals surface area contributed by atoms with E-state index in [1.54, 1.807) is 18.2 Å². The van der Waals surface area contributed by atoms with Crippen molar-refractivity contribution in [1.29, 1.82) is 0 Å². The van der Waals surface area contributed by atoms with Crippen LogP contribution in [0, 0.1) is 0 Å². The summed E-state index contributed by atoms with van der Waals surface area (Å²) in [4.78, 5) is 11.3. The fraction of sp³-hybridized carbons (Fsp3) is 0.154. The number of benzene rings is 1. The number of carbonyl (C=O) groups is 1. The highest BCUT2D eigenvalue weighted by Crippen LogP contribution is 2.35. The molecule has 0 aliphatic carbocycles. The summed E-state index contributed by atoms with van der Waals surface area (Å²) in [5, 5.41) is 13.3. The van der Waals surface area contributed by atoms with Crippen molar-refractivity contribution in [3.8, 4) is 0 Å². The highest BCUT2D eigenvalue weighted by molar-refractivity contribution is 6.32. The first-order valence-electron chi connectivity index (χ1n) is 5.47. The predicted molar refractivity (Wildman–Crippen MR) is 66.6 cm³/mol. The molecule has 0 bridgehead atoms. The first-order valence-corrected chi connectivity index (χ1v) is 5.85. The highest BCUT2D eigenvalue weighted by Gasteiger charge is 2.23. The Morgan fingerprint density at radius 1 is 1.44 bits per heavy atom. The number of aliphatic hydroxyl groups excluding tert-OH is 1. The number of anilines is 1. The second-order valence-electron chi connectivity index (χ2n) is 4.22. The van der Waals surface area contributed by atoms with Crippen molar-refractivity contribution in [2.45, 2.75) is 12.5 Å². The molecule has 0 spiro atoms. The largest absolute Gasteiger partial charge is 0.472 e. The molecule has 0 fully saturated rings. The number of hydrogen-bond acceptors (Lipinski definition) is 3. The maximum atomic E-state index is 11.3. The number of amides is 1. The Bertz CT molecular complexity index is 607. The fourth-order valence-corrected chi connectivity index (χ4v) is 2.35. The lowest BCUT2D eigenvalue weighted by Crippen LogP contribution is -2.03. The molecule has 1 unspecified atom stereocenters. The second-order valence-corrected chi connectivity index (χ2v) is 4.62. The van der Waals surface area contributed by atoms with Gasteiger partial charge in [-0.2, -0.15) is 0 Å². The van der Waals surface area contributed by atoms with Gasteiger partial charge >= 0.3 is 0 Å². The van der Waals surface area contributed by atoms with Crippen LogP contribution in [0.25, 0.3) is 0 Å². The zero-order chi connectivity index (χ0) is 12.7. The number of hydrogen-bond donors (Lipinski definition) is 2. The van der Waals surface area contributed by atoms with Crippen molar-refractivity contribution in [2.75, 3.05) is 5.32 Å². The van der Waals surface area contributed by atoms with E-state index in [9.17, 15) is 9.90 Å². The maximum Gasteiger partial charge on any atom is 0.228 e. The van der Waals surface area contributed by atoms with E-state index in [-0.39, 0.29) is 5.91 Å². The normalized spacial score (nSPS) is 15.3. The molecule has 1 aromatic carbocycles. The van der Waals surface area contributed by atoms with E-state index in [0.29, 0.717) is 28.3 Å². The van der Waals surface area contributed by atoms with Gasteiger partial charge in [0.1, 0.15) is 6.10 Å². The summed E-state index contributed by atoms with van der Waals surface area (Å²) in [7, 11) is 0. The molecule has 18 heavy (non-hydrogen) atoms. The lowest BCUT2D eigenvalue weighted by atomic mass is 10.0. The van der Waals surface area contributed by atoms with E-state index in [2.05, 4.69) is 5.32 Å². The Hall–Kier alpha value is -1.78. The van der Waals surface area contributed by atoms with Gasteiger partial charge < -0.3 is 14.8 Å². The van der Waals surface area contributed by atoms with Crippen molar-refractivity contribution in [3.05, 3.63) is 52.4 Å². The van der Waals surface area contributed by atoms with E-state index >= 15 is 0 Å². The Morgan fingerprint density at radius 2 is 2.28 bits per heavy atom. The summed E-state index contributed by atoms with van der Waals surface area (Å²) in [6, 6.07) is 5.10. The fourth-order valence-electron chi connectivity index (χ4n) is 2.09. The van der Waals surface area contributed by atoms with Crippen LogP contribution in [0.1, 0.15) is 22.8 Å². The van der Waals surface area contributed by atoms with Gasteiger partial charge in [0.05, 0.1) is 18.9 Å². The van der Waals surface area contributed by atoms with Crippen LogP contribution in [0.15, 0.2) is 35.1 Å². The zero-order valence-electron chi connectivity index (χ0n) is 9.31. The molecule has 2 aromatic rings. The maximum absolute atomic E-state index is 11.3. The molecule has 4 nitrogen and oxygen atoms in total. The quantitative estimate of drug-likeness (QED) is 0.875. The number of aliphatic hydroxyl groups is 1. The number of carbonyl (C=O) groups excluding carboxylic acids is 1. The van der Waals surface area contributed by atoms with E-state index in [0.717, 1.165) is 5.56 Å². The van der Waals surface area contributed by atoms with E-state index in [1.165, 1.54) is 12.5 Å². The summed E-state index contributed by atoms with van der Waals surface area (Å²) in [6.45, 7) is 0. The zero-order valence-corrected chi connectivity index (χ0v) is 10.1. The molecule has 5 heteroatoms. The molecule has 2 N–H and O–H groups in total. The molecule has 3 rings (SSSR count). The van der Waals surface area contributed by atoms with Crippen LogP contribution in [0.2, 0.25) is 5.02 Å². The molecule has 2 heterocycles. The molecule has 92 valence electrons. The minimum Gasteiger partial charge on any atom is -0.472 e. The van der Waals surface area contributed by atoms with E-state index < -0.39 is 6.10 Å². The second kappa shape index (κ2) is 4.15. The third-order valence-electron chi connectivity index (χ3n) is 3.00. The van der Waals surface area contributed by atoms with Crippen LogP contribution in [0.3, 0.4) is 0 Å². The SMILES string of the molecule is O=C1Cc2cc(C(O)c3ccoc3)c(Cl)cc2N1. The van der Waals surface area contributed by atoms with Crippen molar-refractivity contribution >= 4 is 23.2 Å². The lowest BCUT2D eigenvalue weighted by molar-refractivity contribution is -0.115. The van der Waals surface area contributed by atoms with Crippen LogP contribution < -0.4 is 5.32 Å². The van der Waals surface area contributed by atoms with Gasteiger partial charge in [-0.05, 0) is 23.8 Å². The number of fused-ring (bicyclic) bond motifs is 1. The molecular weight excluding hydrogens is 254 g/mol. The number of nitrogens with one attached hydrogen (secondary N) is 1. The van der Waals surface area contributed by atoms with Gasteiger partial charge in [0.25, 0.3) is 0 Å². The van der Waals surface area contributed by atoms with Crippen LogP contribution in [0.4, 0.5) is 5.69 Å². The Labute approximate surface area is 108 Å². The molecule has 1 amide bonds. The topological polar surface area (TPSA) is 62.5 Å². The van der Waals surface area contributed by atoms with Crippen molar-refractivity contribution in [1.82, 2.24) is 0 Å². The van der Waals surface area contributed by atoms with E-state index in [1.807, 2.05) is 0 Å². The van der Waals surface area contributed by atoms with Crippen LogP contribution in [0.5, 0.6) is 0 Å². The third kappa shape index (κ3) is 1.79. The molecule has 0 radical (unpaired) electrons. The van der Waals surface area contributed by atoms with Gasteiger partial charge in [0.15, 0.2) is 0 Å². The standard InChI is InChI=1S/C13H10ClNO3/c14-10-5-11-8(4-12(16)15-11)3-9(10)13(17)7-1-2-18-6-7/h1-3,5-6,13,17H,4H2,(H,15,16). The third-order valence-corrected chi connectivity index (χ3v) is 3.33.